The Morgan fingerprint density at radius 3 is 2.68 bits per heavy atom. The summed E-state index contributed by atoms with van der Waals surface area (Å²) in [7, 11) is 1.64. The van der Waals surface area contributed by atoms with Crippen LogP contribution in [0.2, 0.25) is 0 Å². The Morgan fingerprint density at radius 1 is 1.05 bits per heavy atom. The molecule has 0 aliphatic carbocycles. The van der Waals surface area contributed by atoms with Crippen LogP contribution < -0.4 is 21.3 Å². The van der Waals surface area contributed by atoms with Gasteiger partial charge in [-0.3, -0.25) is 9.78 Å². The van der Waals surface area contributed by atoms with Gasteiger partial charge in [0, 0.05) is 69.2 Å². The third kappa shape index (κ3) is 6.34. The molecule has 11 heteroatoms. The molecule has 4 N–H and O–H groups in total. The molecule has 4 heterocycles. The third-order valence-corrected chi connectivity index (χ3v) is 7.58. The van der Waals surface area contributed by atoms with E-state index >= 15 is 0 Å². The largest absolute Gasteiger partial charge is 0.370 e. The molecule has 0 bridgehead atoms. The van der Waals surface area contributed by atoms with Crippen molar-refractivity contribution in [1.82, 2.24) is 35.5 Å². The standard InChI is InChI=1S/C30H35N9O2/c1-19(20(2)22-5-4-6-23-24(29(40)31-3)9-10-33-28(22)23)16-35-27-15-25(37-18-38-27)21-7-8-26(36-17-21)32-11-13-39-14-12-34-30(39)41/h4-10,15,17-20H,11-14,16H2,1-3H3,(H,31,40)(H,32,36)(H,34,41)(H,35,37,38)/t19-,20?/m1/s1. The van der Waals surface area contributed by atoms with Crippen LogP contribution in [0.5, 0.6) is 0 Å². The van der Waals surface area contributed by atoms with Crippen molar-refractivity contribution in [2.45, 2.75) is 19.8 Å². The number of carbonyl (C=O) groups excluding carboxylic acids is 2. The van der Waals surface area contributed by atoms with Crippen molar-refractivity contribution in [2.75, 3.05) is 50.4 Å². The zero-order chi connectivity index (χ0) is 28.8. The summed E-state index contributed by atoms with van der Waals surface area (Å²) in [5, 5.41) is 13.1. The third-order valence-electron chi connectivity index (χ3n) is 7.58. The molecule has 0 spiro atoms. The smallest absolute Gasteiger partial charge is 0.317 e. The molecule has 1 unspecified atom stereocenters. The molecule has 41 heavy (non-hydrogen) atoms. The number of benzene rings is 1. The van der Waals surface area contributed by atoms with Gasteiger partial charge in [-0.05, 0) is 35.6 Å². The van der Waals surface area contributed by atoms with E-state index in [1.807, 2.05) is 30.3 Å². The molecule has 4 aromatic rings. The summed E-state index contributed by atoms with van der Waals surface area (Å²) < 4.78 is 0. The fraction of sp³-hybridized carbons (Fsp3) is 0.333. The molecule has 2 atom stereocenters. The average Bonchev–Trinajstić information content (AvgIpc) is 3.43. The first kappa shape index (κ1) is 27.8. The van der Waals surface area contributed by atoms with Crippen LogP contribution in [0.25, 0.3) is 22.2 Å². The molecule has 1 fully saturated rings. The lowest BCUT2D eigenvalue weighted by molar-refractivity contribution is 0.0964. The number of amides is 3. The highest BCUT2D eigenvalue weighted by atomic mass is 16.2. The van der Waals surface area contributed by atoms with Gasteiger partial charge < -0.3 is 26.2 Å². The van der Waals surface area contributed by atoms with Crippen LogP contribution in [0, 0.1) is 5.92 Å². The average molecular weight is 554 g/mol. The quantitative estimate of drug-likeness (QED) is 0.221. The minimum absolute atomic E-state index is 0.0193. The summed E-state index contributed by atoms with van der Waals surface area (Å²) in [5.41, 5.74) is 4.24. The first-order valence-electron chi connectivity index (χ1n) is 13.8. The van der Waals surface area contributed by atoms with Crippen LogP contribution in [0.1, 0.15) is 35.7 Å². The Labute approximate surface area is 239 Å². The second-order valence-electron chi connectivity index (χ2n) is 10.2. The van der Waals surface area contributed by atoms with Gasteiger partial charge in [-0.25, -0.2) is 19.7 Å². The Hall–Kier alpha value is -4.80. The summed E-state index contributed by atoms with van der Waals surface area (Å²) in [5.74, 6) is 1.80. The number of nitrogens with zero attached hydrogens (tertiary/aromatic N) is 5. The van der Waals surface area contributed by atoms with Gasteiger partial charge in [-0.15, -0.1) is 0 Å². The molecule has 11 nitrogen and oxygen atoms in total. The normalized spacial score (nSPS) is 14.4. The number of rotatable bonds is 11. The molecular formula is C30H35N9O2. The van der Waals surface area contributed by atoms with E-state index in [-0.39, 0.29) is 23.8 Å². The number of carbonyl (C=O) groups is 2. The van der Waals surface area contributed by atoms with Crippen LogP contribution in [0.4, 0.5) is 16.4 Å². The molecule has 0 radical (unpaired) electrons. The number of pyridine rings is 2. The summed E-state index contributed by atoms with van der Waals surface area (Å²) in [4.78, 5) is 43.8. The van der Waals surface area contributed by atoms with Gasteiger partial charge in [0.1, 0.15) is 18.0 Å². The second kappa shape index (κ2) is 12.6. The number of fused-ring (bicyclic) bond motifs is 1. The highest BCUT2D eigenvalue weighted by Gasteiger charge is 2.20. The maximum absolute atomic E-state index is 12.4. The summed E-state index contributed by atoms with van der Waals surface area (Å²) >= 11 is 0. The van der Waals surface area contributed by atoms with E-state index in [1.54, 1.807) is 36.7 Å². The fourth-order valence-electron chi connectivity index (χ4n) is 4.95. The van der Waals surface area contributed by atoms with E-state index in [4.69, 9.17) is 0 Å². The lowest BCUT2D eigenvalue weighted by Crippen LogP contribution is -2.32. The Morgan fingerprint density at radius 2 is 1.93 bits per heavy atom. The van der Waals surface area contributed by atoms with Crippen LogP contribution in [0.15, 0.2) is 61.2 Å². The number of urea groups is 1. The molecule has 1 saturated heterocycles. The molecule has 1 aliphatic rings. The van der Waals surface area contributed by atoms with Gasteiger partial charge in [-0.2, -0.15) is 0 Å². The molecule has 1 aliphatic heterocycles. The van der Waals surface area contributed by atoms with Crippen LogP contribution in [0.3, 0.4) is 0 Å². The monoisotopic (exact) mass is 553 g/mol. The van der Waals surface area contributed by atoms with Gasteiger partial charge in [0.25, 0.3) is 5.91 Å². The van der Waals surface area contributed by atoms with Crippen LogP contribution >= 0.6 is 0 Å². The van der Waals surface area contributed by atoms with E-state index in [9.17, 15) is 9.59 Å². The Balaban J connectivity index is 1.20. The van der Waals surface area contributed by atoms with Crippen LogP contribution in [-0.2, 0) is 0 Å². The first-order chi connectivity index (χ1) is 19.9. The summed E-state index contributed by atoms with van der Waals surface area (Å²) in [6.45, 7) is 7.74. The van der Waals surface area contributed by atoms with Crippen LogP contribution in [-0.4, -0.2) is 76.5 Å². The highest BCUT2D eigenvalue weighted by Crippen LogP contribution is 2.31. The number of hydrogen-bond donors (Lipinski definition) is 4. The zero-order valence-electron chi connectivity index (χ0n) is 23.5. The minimum Gasteiger partial charge on any atom is -0.370 e. The number of para-hydroxylation sites is 1. The first-order valence-corrected chi connectivity index (χ1v) is 13.8. The van der Waals surface area contributed by atoms with E-state index < -0.39 is 0 Å². The van der Waals surface area contributed by atoms with E-state index in [1.165, 1.54) is 0 Å². The minimum atomic E-state index is -0.120. The molecule has 212 valence electrons. The maximum atomic E-state index is 12.4. The van der Waals surface area contributed by atoms with Crippen molar-refractivity contribution >= 4 is 34.5 Å². The molecule has 5 rings (SSSR count). The summed E-state index contributed by atoms with van der Waals surface area (Å²) in [6, 6.07) is 13.5. The van der Waals surface area contributed by atoms with Crippen molar-refractivity contribution < 1.29 is 9.59 Å². The number of anilines is 2. The van der Waals surface area contributed by atoms with E-state index in [0.29, 0.717) is 31.7 Å². The van der Waals surface area contributed by atoms with Crippen molar-refractivity contribution in [1.29, 1.82) is 0 Å². The maximum Gasteiger partial charge on any atom is 0.317 e. The molecule has 0 saturated carbocycles. The van der Waals surface area contributed by atoms with Gasteiger partial charge >= 0.3 is 6.03 Å². The Bertz CT molecular complexity index is 1530. The number of hydrogen-bond acceptors (Lipinski definition) is 8. The van der Waals surface area contributed by atoms with Gasteiger partial charge in [0.15, 0.2) is 0 Å². The topological polar surface area (TPSA) is 137 Å². The lowest BCUT2D eigenvalue weighted by atomic mass is 9.87. The van der Waals surface area contributed by atoms with Crippen molar-refractivity contribution in [3.8, 4) is 11.3 Å². The highest BCUT2D eigenvalue weighted by molar-refractivity contribution is 6.06. The summed E-state index contributed by atoms with van der Waals surface area (Å²) in [6.07, 6.45) is 5.02. The van der Waals surface area contributed by atoms with Gasteiger partial charge in [-0.1, -0.05) is 32.0 Å². The van der Waals surface area contributed by atoms with Crippen molar-refractivity contribution in [3.63, 3.8) is 0 Å². The van der Waals surface area contributed by atoms with E-state index in [2.05, 4.69) is 61.1 Å². The van der Waals surface area contributed by atoms with E-state index in [0.717, 1.165) is 45.9 Å². The number of nitrogens with one attached hydrogen (secondary N) is 4. The molecule has 3 aromatic heterocycles. The fourth-order valence-corrected chi connectivity index (χ4v) is 4.95. The Kier molecular flexibility index (Phi) is 8.52. The number of aromatic nitrogens is 4. The van der Waals surface area contributed by atoms with Crippen molar-refractivity contribution in [3.05, 3.63) is 72.3 Å². The second-order valence-corrected chi connectivity index (χ2v) is 10.2. The van der Waals surface area contributed by atoms with Gasteiger partial charge in [0.05, 0.1) is 16.8 Å². The predicted molar refractivity (Wildman–Crippen MR) is 160 cm³/mol. The molecular weight excluding hydrogens is 518 g/mol. The zero-order valence-corrected chi connectivity index (χ0v) is 23.5. The van der Waals surface area contributed by atoms with Gasteiger partial charge in [0.2, 0.25) is 0 Å². The SMILES string of the molecule is CNC(=O)c1ccnc2c(C(C)[C@H](C)CNc3cc(-c4ccc(NCCN5CCNC5=O)nc4)ncn3)cccc12. The predicted octanol–water partition coefficient (Wildman–Crippen LogP) is 3.74. The lowest BCUT2D eigenvalue weighted by Gasteiger charge is -2.22. The molecule has 1 aromatic carbocycles. The molecule has 3 amide bonds. The van der Waals surface area contributed by atoms with Crippen molar-refractivity contribution in [2.24, 2.45) is 5.92 Å².